The first kappa shape index (κ1) is 15.2. The van der Waals surface area contributed by atoms with Crippen molar-refractivity contribution in [3.05, 3.63) is 36.4 Å². The van der Waals surface area contributed by atoms with Gasteiger partial charge in [0.2, 0.25) is 5.91 Å². The van der Waals surface area contributed by atoms with Crippen LogP contribution in [0, 0.1) is 0 Å². The van der Waals surface area contributed by atoms with Crippen molar-refractivity contribution in [1.29, 1.82) is 0 Å². The van der Waals surface area contributed by atoms with Crippen LogP contribution in [0.2, 0.25) is 0 Å². The molecule has 0 aliphatic carbocycles. The molecule has 21 heavy (non-hydrogen) atoms. The van der Waals surface area contributed by atoms with Crippen molar-refractivity contribution >= 4 is 28.4 Å². The molecule has 2 aromatic rings. The molecule has 0 saturated carbocycles. The zero-order valence-electron chi connectivity index (χ0n) is 10.9. The Morgan fingerprint density at radius 2 is 2.29 bits per heavy atom. The number of hydrogen-bond donors (Lipinski definition) is 4. The summed E-state index contributed by atoms with van der Waals surface area (Å²) >= 11 is -2.37. The molecule has 0 spiro atoms. The van der Waals surface area contributed by atoms with Crippen LogP contribution in [0.1, 0.15) is 5.69 Å². The van der Waals surface area contributed by atoms with Gasteiger partial charge in [0.1, 0.15) is 0 Å². The molecule has 0 aliphatic heterocycles. The molecule has 6 N–H and O–H groups in total. The van der Waals surface area contributed by atoms with E-state index >= 15 is 0 Å². The quantitative estimate of drug-likeness (QED) is 0.441. The summed E-state index contributed by atoms with van der Waals surface area (Å²) in [5.41, 5.74) is 12.7. The van der Waals surface area contributed by atoms with Gasteiger partial charge >= 0.3 is 0 Å². The van der Waals surface area contributed by atoms with E-state index in [0.717, 1.165) is 5.69 Å². The summed E-state index contributed by atoms with van der Waals surface area (Å²) in [5.74, 6) is -0.424. The normalized spacial score (nSPS) is 13.6. The molecule has 0 fully saturated rings. The van der Waals surface area contributed by atoms with E-state index < -0.39 is 23.0 Å². The lowest BCUT2D eigenvalue weighted by atomic mass is 10.1. The fraction of sp³-hybridized carbons (Fsp3) is 0.167. The number of nitrogen functional groups attached to an aromatic ring is 1. The Morgan fingerprint density at radius 3 is 2.86 bits per heavy atom. The molecule has 0 radical (unpaired) electrons. The molecule has 0 aliphatic rings. The number of aromatic nitrogens is 2. The molecule has 8 nitrogen and oxygen atoms in total. The van der Waals surface area contributed by atoms with Gasteiger partial charge in [-0.25, -0.2) is 4.98 Å². The third-order valence-corrected chi connectivity index (χ3v) is 3.44. The highest BCUT2D eigenvalue weighted by atomic mass is 32.2. The van der Waals surface area contributed by atoms with Crippen molar-refractivity contribution in [2.24, 2.45) is 5.73 Å². The van der Waals surface area contributed by atoms with Crippen LogP contribution in [0.3, 0.4) is 0 Å². The Morgan fingerprint density at radius 1 is 1.52 bits per heavy atom. The number of H-pyrrole nitrogens is 1. The predicted octanol–water partition coefficient (Wildman–Crippen LogP) is -0.262. The Labute approximate surface area is 123 Å². The van der Waals surface area contributed by atoms with Crippen LogP contribution in [-0.2, 0) is 22.3 Å². The minimum Gasteiger partial charge on any atom is -0.768 e. The number of nitrogens with two attached hydrogens (primary N) is 2. The van der Waals surface area contributed by atoms with Crippen LogP contribution < -0.4 is 16.8 Å². The van der Waals surface area contributed by atoms with Gasteiger partial charge in [0, 0.05) is 23.2 Å². The lowest BCUT2D eigenvalue weighted by Crippen LogP contribution is -2.37. The fourth-order valence-electron chi connectivity index (χ4n) is 1.71. The summed E-state index contributed by atoms with van der Waals surface area (Å²) in [6.07, 6.45) is 3.38. The second-order valence-electron chi connectivity index (χ2n) is 4.36. The van der Waals surface area contributed by atoms with E-state index in [-0.39, 0.29) is 10.6 Å². The maximum atomic E-state index is 12.0. The number of nitrogens with one attached hydrogen (secondary N) is 2. The average Bonchev–Trinajstić information content (AvgIpc) is 2.93. The van der Waals surface area contributed by atoms with E-state index in [0.29, 0.717) is 12.1 Å². The van der Waals surface area contributed by atoms with Crippen molar-refractivity contribution in [1.82, 2.24) is 9.97 Å². The molecule has 1 unspecified atom stereocenters. The number of nitrogens with zero attached hydrogens (tertiary/aromatic N) is 1. The largest absolute Gasteiger partial charge is 0.768 e. The molecule has 1 heterocycles. The molecule has 2 atom stereocenters. The third kappa shape index (κ3) is 3.88. The van der Waals surface area contributed by atoms with Gasteiger partial charge in [-0.2, -0.15) is 0 Å². The summed E-state index contributed by atoms with van der Waals surface area (Å²) in [6.45, 7) is 0. The van der Waals surface area contributed by atoms with E-state index in [1.807, 2.05) is 0 Å². The van der Waals surface area contributed by atoms with Crippen molar-refractivity contribution < 1.29 is 13.6 Å². The lowest BCUT2D eigenvalue weighted by Gasteiger charge is -2.14. The molecule has 0 bridgehead atoms. The van der Waals surface area contributed by atoms with Gasteiger partial charge in [-0.15, -0.1) is 0 Å². The molecular formula is C12H14N5O3S-. The highest BCUT2D eigenvalue weighted by Crippen LogP contribution is 2.21. The molecule has 112 valence electrons. The molecule has 9 heteroatoms. The minimum atomic E-state index is -2.37. The average molecular weight is 308 g/mol. The van der Waals surface area contributed by atoms with E-state index in [4.69, 9.17) is 11.5 Å². The van der Waals surface area contributed by atoms with Gasteiger partial charge in [0.25, 0.3) is 0 Å². The van der Waals surface area contributed by atoms with E-state index in [1.165, 1.54) is 24.5 Å². The molecular weight excluding hydrogens is 294 g/mol. The van der Waals surface area contributed by atoms with Gasteiger partial charge in [-0.1, -0.05) is 0 Å². The van der Waals surface area contributed by atoms with Gasteiger partial charge in [-0.05, 0) is 29.3 Å². The highest BCUT2D eigenvalue weighted by molar-refractivity contribution is 7.79. The molecule has 2 rings (SSSR count). The minimum absolute atomic E-state index is 0.0484. The third-order valence-electron chi connectivity index (χ3n) is 2.80. The predicted molar refractivity (Wildman–Crippen MR) is 76.9 cm³/mol. The maximum absolute atomic E-state index is 12.0. The van der Waals surface area contributed by atoms with Crippen LogP contribution in [0.15, 0.2) is 35.6 Å². The topological polar surface area (TPSA) is 150 Å². The Bertz CT molecular complexity index is 659. The Kier molecular flexibility index (Phi) is 4.68. The second kappa shape index (κ2) is 6.48. The Hall–Kier alpha value is -2.23. The first-order valence-electron chi connectivity index (χ1n) is 6.00. The lowest BCUT2D eigenvalue weighted by molar-refractivity contribution is -0.117. The standard InChI is InChI=1S/C12H15N5O3S/c13-9-4-8(21(19)20)1-2-11(9)17-12(18)10(14)3-7-5-15-6-16-7/h1-2,4-6,10H,3,13-14H2,(H,15,16)(H,17,18)(H,19,20)/p-1/t10-/m0/s1. The van der Waals surface area contributed by atoms with Crippen LogP contribution in [0.5, 0.6) is 0 Å². The van der Waals surface area contributed by atoms with Crippen molar-refractivity contribution in [3.63, 3.8) is 0 Å². The summed E-state index contributed by atoms with van der Waals surface area (Å²) in [5, 5.41) is 2.56. The number of anilines is 2. The summed E-state index contributed by atoms with van der Waals surface area (Å²) in [4.78, 5) is 18.7. The Balaban J connectivity index is 2.03. The number of amides is 1. The van der Waals surface area contributed by atoms with E-state index in [2.05, 4.69) is 15.3 Å². The number of aromatic amines is 1. The zero-order valence-corrected chi connectivity index (χ0v) is 11.7. The van der Waals surface area contributed by atoms with Gasteiger partial charge in [-0.3, -0.25) is 9.00 Å². The van der Waals surface area contributed by atoms with Crippen LogP contribution in [-0.4, -0.2) is 30.7 Å². The number of rotatable bonds is 5. The number of carbonyl (C=O) groups is 1. The van der Waals surface area contributed by atoms with Crippen molar-refractivity contribution in [3.8, 4) is 0 Å². The van der Waals surface area contributed by atoms with Crippen LogP contribution >= 0.6 is 0 Å². The number of carbonyl (C=O) groups excluding carboxylic acids is 1. The van der Waals surface area contributed by atoms with Gasteiger partial charge < -0.3 is 26.3 Å². The SMILES string of the molecule is Nc1cc(S(=O)[O-])ccc1NC(=O)[C@@H](N)Cc1cnc[nH]1. The van der Waals surface area contributed by atoms with Crippen LogP contribution in [0.4, 0.5) is 11.4 Å². The zero-order chi connectivity index (χ0) is 15.4. The van der Waals surface area contributed by atoms with E-state index in [9.17, 15) is 13.6 Å². The molecule has 1 aromatic heterocycles. The number of hydrogen-bond acceptors (Lipinski definition) is 6. The molecule has 1 aromatic carbocycles. The summed E-state index contributed by atoms with van der Waals surface area (Å²) in [6, 6.07) is 3.24. The summed E-state index contributed by atoms with van der Waals surface area (Å²) < 4.78 is 21.6. The first-order chi connectivity index (χ1) is 9.97. The number of imidazole rings is 1. The number of benzene rings is 1. The molecule has 0 saturated heterocycles. The van der Waals surface area contributed by atoms with Gasteiger partial charge in [0.15, 0.2) is 0 Å². The maximum Gasteiger partial charge on any atom is 0.241 e. The monoisotopic (exact) mass is 308 g/mol. The van der Waals surface area contributed by atoms with E-state index in [1.54, 1.807) is 6.20 Å². The van der Waals surface area contributed by atoms with Crippen molar-refractivity contribution in [2.75, 3.05) is 11.1 Å². The smallest absolute Gasteiger partial charge is 0.241 e. The highest BCUT2D eigenvalue weighted by Gasteiger charge is 2.16. The second-order valence-corrected chi connectivity index (χ2v) is 5.30. The fourth-order valence-corrected chi connectivity index (χ4v) is 2.11. The summed E-state index contributed by atoms with van der Waals surface area (Å²) in [7, 11) is 0. The van der Waals surface area contributed by atoms with Crippen LogP contribution in [0.25, 0.3) is 0 Å². The van der Waals surface area contributed by atoms with Crippen molar-refractivity contribution in [2.45, 2.75) is 17.4 Å². The van der Waals surface area contributed by atoms with Gasteiger partial charge in [0.05, 0.1) is 23.7 Å². The first-order valence-corrected chi connectivity index (χ1v) is 7.07. The molecule has 1 amide bonds.